The molecule has 1 aliphatic rings. The Bertz CT molecular complexity index is 308. The molecule has 1 fully saturated rings. The molecule has 0 bridgehead atoms. The zero-order valence-electron chi connectivity index (χ0n) is 11.9. The third-order valence-corrected chi connectivity index (χ3v) is 3.69. The minimum absolute atomic E-state index is 0. The lowest BCUT2D eigenvalue weighted by molar-refractivity contribution is -0.146. The van der Waals surface area contributed by atoms with E-state index in [0.717, 1.165) is 19.3 Å². The first-order valence-electron chi connectivity index (χ1n) is 6.85. The second kappa shape index (κ2) is 8.08. The second-order valence-electron chi connectivity index (χ2n) is 5.50. The first kappa shape index (κ1) is 19.5. The lowest BCUT2D eigenvalue weighted by Crippen LogP contribution is -2.48. The smallest absolute Gasteiger partial charge is 0.341 e. The van der Waals surface area contributed by atoms with Crippen molar-refractivity contribution in [1.29, 1.82) is 0 Å². The second-order valence-corrected chi connectivity index (χ2v) is 5.50. The Labute approximate surface area is 124 Å². The van der Waals surface area contributed by atoms with Gasteiger partial charge >= 0.3 is 6.18 Å². The van der Waals surface area contributed by atoms with Crippen LogP contribution in [0.15, 0.2) is 0 Å². The number of amides is 1. The number of nitrogens with two attached hydrogens (primary N) is 1. The van der Waals surface area contributed by atoms with E-state index in [1.54, 1.807) is 0 Å². The van der Waals surface area contributed by atoms with Crippen LogP contribution in [0.2, 0.25) is 0 Å². The van der Waals surface area contributed by atoms with E-state index in [0.29, 0.717) is 12.5 Å². The molecule has 2 unspecified atom stereocenters. The molecule has 1 rings (SSSR count). The third kappa shape index (κ3) is 6.79. The molecule has 0 aromatic heterocycles. The van der Waals surface area contributed by atoms with Crippen molar-refractivity contribution in [2.24, 2.45) is 17.6 Å². The predicted molar refractivity (Wildman–Crippen MR) is 74.7 cm³/mol. The van der Waals surface area contributed by atoms with Crippen LogP contribution in [-0.4, -0.2) is 36.1 Å². The molecule has 2 atom stereocenters. The summed E-state index contributed by atoms with van der Waals surface area (Å²) >= 11 is 0. The Morgan fingerprint density at radius 2 is 1.95 bits per heavy atom. The van der Waals surface area contributed by atoms with Crippen LogP contribution in [0, 0.1) is 11.8 Å². The van der Waals surface area contributed by atoms with Crippen molar-refractivity contribution in [3.8, 4) is 0 Å². The average Bonchev–Trinajstić information content (AvgIpc) is 3.14. The Morgan fingerprint density at radius 3 is 2.35 bits per heavy atom. The number of carbonyl (C=O) groups is 1. The zero-order chi connectivity index (χ0) is 14.6. The summed E-state index contributed by atoms with van der Waals surface area (Å²) in [5.41, 5.74) is 5.84. The number of hydrogen-bond acceptors (Lipinski definition) is 2. The molecule has 0 aromatic carbocycles. The minimum atomic E-state index is -4.23. The van der Waals surface area contributed by atoms with Crippen LogP contribution in [-0.2, 0) is 4.79 Å². The van der Waals surface area contributed by atoms with Crippen molar-refractivity contribution in [3.63, 3.8) is 0 Å². The molecule has 0 aliphatic heterocycles. The molecule has 1 aliphatic carbocycles. The lowest BCUT2D eigenvalue weighted by atomic mass is 9.98. The summed E-state index contributed by atoms with van der Waals surface area (Å²) in [6.45, 7) is 3.91. The van der Waals surface area contributed by atoms with E-state index >= 15 is 0 Å². The first-order chi connectivity index (χ1) is 8.74. The number of nitrogens with zero attached hydrogens (tertiary/aromatic N) is 1. The van der Waals surface area contributed by atoms with Crippen LogP contribution in [0.4, 0.5) is 13.2 Å². The highest BCUT2D eigenvalue weighted by Gasteiger charge is 2.34. The van der Waals surface area contributed by atoms with E-state index < -0.39 is 18.6 Å². The van der Waals surface area contributed by atoms with Crippen molar-refractivity contribution in [1.82, 2.24) is 4.90 Å². The summed E-state index contributed by atoms with van der Waals surface area (Å²) in [5.74, 6) is 0.00639. The molecule has 0 aromatic rings. The van der Waals surface area contributed by atoms with Gasteiger partial charge in [0.05, 0.1) is 12.5 Å². The van der Waals surface area contributed by atoms with E-state index in [4.69, 9.17) is 5.73 Å². The van der Waals surface area contributed by atoms with Crippen molar-refractivity contribution in [3.05, 3.63) is 0 Å². The highest BCUT2D eigenvalue weighted by molar-refractivity contribution is 5.85. The molecule has 3 nitrogen and oxygen atoms in total. The van der Waals surface area contributed by atoms with Gasteiger partial charge in [-0.3, -0.25) is 4.79 Å². The molecule has 7 heteroatoms. The number of halogens is 4. The molecule has 0 saturated heterocycles. The SMILES string of the molecule is CCC(C)C(N)C(=O)N(CCC(F)(F)F)CC1CC1.Cl. The summed E-state index contributed by atoms with van der Waals surface area (Å²) in [4.78, 5) is 13.5. The molecule has 0 radical (unpaired) electrons. The van der Waals surface area contributed by atoms with Gasteiger partial charge in [0.2, 0.25) is 5.91 Å². The van der Waals surface area contributed by atoms with Gasteiger partial charge in [-0.1, -0.05) is 20.3 Å². The molecule has 0 heterocycles. The van der Waals surface area contributed by atoms with Crippen LogP contribution in [0.1, 0.15) is 39.5 Å². The Hall–Kier alpha value is -0.490. The quantitative estimate of drug-likeness (QED) is 0.785. The van der Waals surface area contributed by atoms with E-state index in [1.807, 2.05) is 13.8 Å². The van der Waals surface area contributed by atoms with Gasteiger partial charge in [0.15, 0.2) is 0 Å². The highest BCUT2D eigenvalue weighted by Crippen LogP contribution is 2.31. The summed E-state index contributed by atoms with van der Waals surface area (Å²) < 4.78 is 36.9. The zero-order valence-corrected chi connectivity index (χ0v) is 12.8. The Kier molecular flexibility index (Phi) is 7.88. The lowest BCUT2D eigenvalue weighted by Gasteiger charge is -2.28. The fourth-order valence-corrected chi connectivity index (χ4v) is 1.87. The van der Waals surface area contributed by atoms with E-state index in [9.17, 15) is 18.0 Å². The first-order valence-corrected chi connectivity index (χ1v) is 6.85. The predicted octanol–water partition coefficient (Wildman–Crippen LogP) is 2.97. The Balaban J connectivity index is 0.00000361. The van der Waals surface area contributed by atoms with Crippen LogP contribution < -0.4 is 5.73 Å². The summed E-state index contributed by atoms with van der Waals surface area (Å²) in [6.07, 6.45) is -2.46. The van der Waals surface area contributed by atoms with Crippen LogP contribution in [0.5, 0.6) is 0 Å². The van der Waals surface area contributed by atoms with E-state index in [-0.39, 0.29) is 30.8 Å². The monoisotopic (exact) mass is 316 g/mol. The number of alkyl halides is 3. The molecular formula is C13H24ClF3N2O. The normalized spacial score (nSPS) is 18.1. The number of hydrogen-bond donors (Lipinski definition) is 1. The molecule has 20 heavy (non-hydrogen) atoms. The van der Waals surface area contributed by atoms with Crippen molar-refractivity contribution in [2.45, 2.75) is 51.7 Å². The summed E-state index contributed by atoms with van der Waals surface area (Å²) in [6, 6.07) is -0.697. The highest BCUT2D eigenvalue weighted by atomic mass is 35.5. The van der Waals surface area contributed by atoms with Gasteiger partial charge in [0, 0.05) is 13.1 Å². The van der Waals surface area contributed by atoms with Gasteiger partial charge in [-0.2, -0.15) is 13.2 Å². The molecule has 0 spiro atoms. The van der Waals surface area contributed by atoms with Gasteiger partial charge in [-0.15, -0.1) is 12.4 Å². The van der Waals surface area contributed by atoms with Gasteiger partial charge in [0.1, 0.15) is 0 Å². The maximum absolute atomic E-state index is 12.3. The average molecular weight is 317 g/mol. The Morgan fingerprint density at radius 1 is 1.40 bits per heavy atom. The molecule has 1 saturated carbocycles. The minimum Gasteiger partial charge on any atom is -0.341 e. The van der Waals surface area contributed by atoms with Crippen LogP contribution in [0.25, 0.3) is 0 Å². The number of carbonyl (C=O) groups excluding carboxylic acids is 1. The van der Waals surface area contributed by atoms with Gasteiger partial charge in [-0.25, -0.2) is 0 Å². The largest absolute Gasteiger partial charge is 0.390 e. The van der Waals surface area contributed by atoms with Gasteiger partial charge in [0.25, 0.3) is 0 Å². The van der Waals surface area contributed by atoms with Gasteiger partial charge < -0.3 is 10.6 Å². The molecule has 120 valence electrons. The number of rotatable bonds is 7. The molecule has 2 N–H and O–H groups in total. The molecular weight excluding hydrogens is 293 g/mol. The van der Waals surface area contributed by atoms with Gasteiger partial charge in [-0.05, 0) is 24.7 Å². The fourth-order valence-electron chi connectivity index (χ4n) is 1.87. The van der Waals surface area contributed by atoms with Crippen LogP contribution >= 0.6 is 12.4 Å². The maximum atomic E-state index is 12.3. The van der Waals surface area contributed by atoms with Crippen LogP contribution in [0.3, 0.4) is 0 Å². The van der Waals surface area contributed by atoms with E-state index in [1.165, 1.54) is 4.90 Å². The van der Waals surface area contributed by atoms with Crippen molar-refractivity contribution >= 4 is 18.3 Å². The summed E-state index contributed by atoms with van der Waals surface area (Å²) in [7, 11) is 0. The van der Waals surface area contributed by atoms with Crippen molar-refractivity contribution < 1.29 is 18.0 Å². The van der Waals surface area contributed by atoms with E-state index in [2.05, 4.69) is 0 Å². The molecule has 1 amide bonds. The maximum Gasteiger partial charge on any atom is 0.390 e. The third-order valence-electron chi connectivity index (χ3n) is 3.69. The standard InChI is InChI=1S/C13H23F3N2O.ClH/c1-3-9(2)11(17)12(19)18(8-10-4-5-10)7-6-13(14,15)16;/h9-11H,3-8,17H2,1-2H3;1H. The van der Waals surface area contributed by atoms with Crippen molar-refractivity contribution in [2.75, 3.05) is 13.1 Å². The topological polar surface area (TPSA) is 46.3 Å². The fraction of sp³-hybridized carbons (Fsp3) is 0.923. The summed E-state index contributed by atoms with van der Waals surface area (Å²) in [5, 5.41) is 0.